The molecular formula is C12H20O12. The van der Waals surface area contributed by atoms with Gasteiger partial charge >= 0.3 is 5.97 Å². The van der Waals surface area contributed by atoms with Crippen molar-refractivity contribution in [1.82, 2.24) is 0 Å². The van der Waals surface area contributed by atoms with Crippen LogP contribution in [-0.4, -0.2) is 115 Å². The van der Waals surface area contributed by atoms with Crippen molar-refractivity contribution in [2.75, 3.05) is 6.61 Å². The molecule has 2 saturated heterocycles. The van der Waals surface area contributed by atoms with E-state index >= 15 is 0 Å². The molecular weight excluding hydrogens is 336 g/mol. The number of carboxylic acid groups (broad SMARTS) is 1. The molecule has 8 N–H and O–H groups in total. The van der Waals surface area contributed by atoms with Crippen molar-refractivity contribution < 1.29 is 59.9 Å². The van der Waals surface area contributed by atoms with Gasteiger partial charge < -0.3 is 55.1 Å². The molecule has 2 aliphatic heterocycles. The van der Waals surface area contributed by atoms with E-state index in [1.807, 2.05) is 0 Å². The normalized spacial score (nSPS) is 49.8. The van der Waals surface area contributed by atoms with Crippen LogP contribution in [0.5, 0.6) is 0 Å². The summed E-state index contributed by atoms with van der Waals surface area (Å²) < 4.78 is 14.7. The molecule has 0 amide bonds. The van der Waals surface area contributed by atoms with Gasteiger partial charge in [0, 0.05) is 0 Å². The molecule has 12 heteroatoms. The Bertz CT molecular complexity index is 446. The lowest BCUT2D eigenvalue weighted by Gasteiger charge is -2.44. The molecule has 0 bridgehead atoms. The van der Waals surface area contributed by atoms with Crippen molar-refractivity contribution in [3.8, 4) is 0 Å². The number of hydrogen-bond donors (Lipinski definition) is 8. The zero-order valence-electron chi connectivity index (χ0n) is 12.2. The number of aliphatic hydroxyl groups is 7. The van der Waals surface area contributed by atoms with Gasteiger partial charge in [0.05, 0.1) is 6.61 Å². The third-order valence-electron chi connectivity index (χ3n) is 3.94. The van der Waals surface area contributed by atoms with E-state index in [0.29, 0.717) is 0 Å². The fourth-order valence-electron chi connectivity index (χ4n) is 2.55. The summed E-state index contributed by atoms with van der Waals surface area (Å²) in [6, 6.07) is 0. The highest BCUT2D eigenvalue weighted by atomic mass is 16.7. The Labute approximate surface area is 135 Å². The van der Waals surface area contributed by atoms with Gasteiger partial charge in [-0.2, -0.15) is 0 Å². The first-order chi connectivity index (χ1) is 11.2. The zero-order valence-corrected chi connectivity index (χ0v) is 12.2. The summed E-state index contributed by atoms with van der Waals surface area (Å²) in [7, 11) is 0. The lowest BCUT2D eigenvalue weighted by molar-refractivity contribution is -0.351. The predicted octanol–water partition coefficient (Wildman–Crippen LogP) is -5.30. The maximum atomic E-state index is 11.0. The largest absolute Gasteiger partial charge is 0.479 e. The van der Waals surface area contributed by atoms with Crippen LogP contribution in [0.25, 0.3) is 0 Å². The minimum absolute atomic E-state index is 0.724. The summed E-state index contributed by atoms with van der Waals surface area (Å²) in [5, 5.41) is 76.4. The van der Waals surface area contributed by atoms with Gasteiger partial charge in [-0.3, -0.25) is 0 Å². The summed E-state index contributed by atoms with van der Waals surface area (Å²) in [5.74, 6) is -1.64. The highest BCUT2D eigenvalue weighted by Crippen LogP contribution is 2.28. The number of carbonyl (C=O) groups is 1. The van der Waals surface area contributed by atoms with Crippen LogP contribution in [0.4, 0.5) is 0 Å². The smallest absolute Gasteiger partial charge is 0.335 e. The van der Waals surface area contributed by atoms with E-state index in [9.17, 15) is 35.4 Å². The first-order valence-electron chi connectivity index (χ1n) is 7.07. The van der Waals surface area contributed by atoms with Crippen LogP contribution >= 0.6 is 0 Å². The van der Waals surface area contributed by atoms with Crippen LogP contribution in [-0.2, 0) is 19.0 Å². The van der Waals surface area contributed by atoms with Crippen molar-refractivity contribution in [3.05, 3.63) is 0 Å². The molecule has 10 atom stereocenters. The Kier molecular flexibility index (Phi) is 6.09. The summed E-state index contributed by atoms with van der Waals surface area (Å²) in [6.45, 7) is -0.724. The quantitative estimate of drug-likeness (QED) is 0.238. The van der Waals surface area contributed by atoms with Gasteiger partial charge in [-0.1, -0.05) is 0 Å². The molecule has 0 aromatic heterocycles. The number of hydrogen-bond acceptors (Lipinski definition) is 11. The first kappa shape index (κ1) is 19.4. The van der Waals surface area contributed by atoms with Crippen molar-refractivity contribution in [2.45, 2.75) is 61.4 Å². The molecule has 140 valence electrons. The second-order valence-electron chi connectivity index (χ2n) is 5.56. The molecule has 0 saturated carbocycles. The average molecular weight is 356 g/mol. The summed E-state index contributed by atoms with van der Waals surface area (Å²) in [6.07, 6.45) is -17.8. The molecule has 0 aliphatic carbocycles. The van der Waals surface area contributed by atoms with Crippen molar-refractivity contribution in [2.24, 2.45) is 0 Å². The van der Waals surface area contributed by atoms with Gasteiger partial charge in [-0.15, -0.1) is 0 Å². The molecule has 0 aromatic rings. The summed E-state index contributed by atoms with van der Waals surface area (Å²) in [4.78, 5) is 11.0. The van der Waals surface area contributed by atoms with Crippen molar-refractivity contribution in [3.63, 3.8) is 0 Å². The Morgan fingerprint density at radius 3 is 2.04 bits per heavy atom. The molecule has 2 heterocycles. The maximum Gasteiger partial charge on any atom is 0.335 e. The first-order valence-corrected chi connectivity index (χ1v) is 7.07. The van der Waals surface area contributed by atoms with E-state index < -0.39 is 74.0 Å². The third-order valence-corrected chi connectivity index (χ3v) is 3.94. The van der Waals surface area contributed by atoms with Gasteiger partial charge in [-0.25, -0.2) is 4.79 Å². The molecule has 2 unspecified atom stereocenters. The number of carboxylic acids is 1. The molecule has 2 fully saturated rings. The van der Waals surface area contributed by atoms with Crippen LogP contribution in [0.15, 0.2) is 0 Å². The van der Waals surface area contributed by atoms with E-state index in [0.717, 1.165) is 0 Å². The van der Waals surface area contributed by atoms with E-state index in [4.69, 9.17) is 24.4 Å². The van der Waals surface area contributed by atoms with Crippen LogP contribution < -0.4 is 0 Å². The minimum atomic E-state index is -1.93. The van der Waals surface area contributed by atoms with Crippen LogP contribution in [0, 0.1) is 0 Å². The molecule has 0 aromatic carbocycles. The topological polar surface area (TPSA) is 207 Å². The Morgan fingerprint density at radius 2 is 1.50 bits per heavy atom. The second-order valence-corrected chi connectivity index (χ2v) is 5.56. The number of rotatable bonds is 4. The van der Waals surface area contributed by atoms with Gasteiger partial charge in [-0.05, 0) is 0 Å². The Morgan fingerprint density at radius 1 is 0.875 bits per heavy atom. The second kappa shape index (κ2) is 7.53. The number of aliphatic carboxylic acids is 1. The average Bonchev–Trinajstić information content (AvgIpc) is 2.54. The standard InChI is InChI=1S/C12H20O12/c13-1-2-3(14)8(7(18)11(21)22-2)23-12-6(17)4(15)5(16)9(24-12)10(19)20/h2-9,11-18,21H,1H2,(H,19,20)/t2-,3-,4+,5+,6-,7-,8+,9+,11?,12?/m1/s1. The van der Waals surface area contributed by atoms with Gasteiger partial charge in [0.2, 0.25) is 0 Å². The number of ether oxygens (including phenoxy) is 3. The third kappa shape index (κ3) is 3.52. The summed E-state index contributed by atoms with van der Waals surface area (Å²) in [5.41, 5.74) is 0. The van der Waals surface area contributed by atoms with E-state index in [-0.39, 0.29) is 0 Å². The minimum Gasteiger partial charge on any atom is -0.479 e. The van der Waals surface area contributed by atoms with Crippen molar-refractivity contribution >= 4 is 5.97 Å². The molecule has 24 heavy (non-hydrogen) atoms. The van der Waals surface area contributed by atoms with Gasteiger partial charge in [0.25, 0.3) is 0 Å². The Hall–Kier alpha value is -0.930. The molecule has 0 radical (unpaired) electrons. The highest BCUT2D eigenvalue weighted by molar-refractivity contribution is 5.73. The molecule has 2 rings (SSSR count). The monoisotopic (exact) mass is 356 g/mol. The lowest BCUT2D eigenvalue weighted by Crippen LogP contribution is -2.65. The van der Waals surface area contributed by atoms with Gasteiger partial charge in [0.1, 0.15) is 42.7 Å². The molecule has 2 aliphatic rings. The SMILES string of the molecule is O=C(O)[C@H]1OC(O[C@H]2[C@H](O)[C@@H](CO)OC(O)[C@@H]2O)[C@H](O)[C@@H](O)[C@@H]1O. The Balaban J connectivity index is 2.16. The fraction of sp³-hybridized carbons (Fsp3) is 0.917. The van der Waals surface area contributed by atoms with Gasteiger partial charge in [0.15, 0.2) is 18.7 Å². The fourth-order valence-corrected chi connectivity index (χ4v) is 2.55. The molecule has 0 spiro atoms. The van der Waals surface area contributed by atoms with E-state index in [1.54, 1.807) is 0 Å². The predicted molar refractivity (Wildman–Crippen MR) is 69.2 cm³/mol. The highest BCUT2D eigenvalue weighted by Gasteiger charge is 2.51. The van der Waals surface area contributed by atoms with E-state index in [1.165, 1.54) is 0 Å². The lowest BCUT2D eigenvalue weighted by atomic mass is 9.97. The van der Waals surface area contributed by atoms with Crippen LogP contribution in [0.3, 0.4) is 0 Å². The summed E-state index contributed by atoms with van der Waals surface area (Å²) >= 11 is 0. The molecule has 12 nitrogen and oxygen atoms in total. The van der Waals surface area contributed by atoms with Crippen molar-refractivity contribution in [1.29, 1.82) is 0 Å². The van der Waals surface area contributed by atoms with Crippen LogP contribution in [0.2, 0.25) is 0 Å². The van der Waals surface area contributed by atoms with E-state index in [2.05, 4.69) is 0 Å². The zero-order chi connectivity index (χ0) is 18.2. The number of aliphatic hydroxyl groups excluding tert-OH is 7. The maximum absolute atomic E-state index is 11.0. The van der Waals surface area contributed by atoms with Crippen LogP contribution in [0.1, 0.15) is 0 Å².